The summed E-state index contributed by atoms with van der Waals surface area (Å²) in [6, 6.07) is 0. The van der Waals surface area contributed by atoms with E-state index in [-0.39, 0.29) is 12.4 Å². The molecule has 0 N–H and O–H groups in total. The van der Waals surface area contributed by atoms with E-state index in [0.717, 1.165) is 0 Å². The molecule has 1 aliphatic heterocycles. The monoisotopic (exact) mass is 186 g/mol. The van der Waals surface area contributed by atoms with Crippen molar-refractivity contribution in [2.75, 3.05) is 6.61 Å². The summed E-state index contributed by atoms with van der Waals surface area (Å²) in [6.07, 6.45) is -0.459. The van der Waals surface area contributed by atoms with Crippen LogP contribution in [0.3, 0.4) is 0 Å². The maximum atomic E-state index is 11.1. The summed E-state index contributed by atoms with van der Waals surface area (Å²) in [5.41, 5.74) is -0.401. The van der Waals surface area contributed by atoms with Crippen molar-refractivity contribution in [3.8, 4) is 0 Å². The van der Waals surface area contributed by atoms with Gasteiger partial charge in [0, 0.05) is 11.8 Å². The average Bonchev–Trinajstić information content (AvgIpc) is 2.31. The van der Waals surface area contributed by atoms with E-state index in [1.54, 1.807) is 6.92 Å². The summed E-state index contributed by atoms with van der Waals surface area (Å²) in [6.45, 7) is 5.68. The molecule has 0 amide bonds. The molecule has 4 heteroatoms. The topological polar surface area (TPSA) is 52.6 Å². The summed E-state index contributed by atoms with van der Waals surface area (Å²) in [5, 5.41) is 0. The molecule has 0 aromatic heterocycles. The van der Waals surface area contributed by atoms with Gasteiger partial charge in [-0.05, 0) is 0 Å². The molecule has 0 aromatic rings. The van der Waals surface area contributed by atoms with Gasteiger partial charge in [-0.2, -0.15) is 0 Å². The minimum absolute atomic E-state index is 0.278. The molecule has 1 aliphatic rings. The normalized spacial score (nSPS) is 25.5. The van der Waals surface area contributed by atoms with Crippen molar-refractivity contribution in [3.63, 3.8) is 0 Å². The van der Waals surface area contributed by atoms with Crippen LogP contribution in [0.1, 0.15) is 27.2 Å². The quantitative estimate of drug-likeness (QED) is 0.601. The SMILES string of the molecule is CCC(=O)OC1C(=O)OCC1(C)C. The first kappa shape index (κ1) is 10.0. The number of esters is 2. The van der Waals surface area contributed by atoms with E-state index in [4.69, 9.17) is 9.47 Å². The van der Waals surface area contributed by atoms with Gasteiger partial charge in [0.2, 0.25) is 6.10 Å². The molecular weight excluding hydrogens is 172 g/mol. The first-order chi connectivity index (χ1) is 5.97. The van der Waals surface area contributed by atoms with Crippen LogP contribution in [0.25, 0.3) is 0 Å². The molecule has 74 valence electrons. The maximum Gasteiger partial charge on any atom is 0.348 e. The van der Waals surface area contributed by atoms with E-state index in [9.17, 15) is 9.59 Å². The van der Waals surface area contributed by atoms with Gasteiger partial charge in [-0.1, -0.05) is 20.8 Å². The van der Waals surface area contributed by atoms with E-state index in [0.29, 0.717) is 6.61 Å². The second-order valence-corrected chi connectivity index (χ2v) is 3.82. The zero-order chi connectivity index (χ0) is 10.1. The van der Waals surface area contributed by atoms with Crippen LogP contribution in [-0.4, -0.2) is 24.6 Å². The second kappa shape index (κ2) is 3.36. The number of carbonyl (C=O) groups excluding carboxylic acids is 2. The number of ether oxygens (including phenoxy) is 2. The Morgan fingerprint density at radius 1 is 1.69 bits per heavy atom. The van der Waals surface area contributed by atoms with Crippen LogP contribution >= 0.6 is 0 Å². The van der Waals surface area contributed by atoms with Gasteiger partial charge < -0.3 is 9.47 Å². The molecule has 0 bridgehead atoms. The Hall–Kier alpha value is -1.06. The van der Waals surface area contributed by atoms with Gasteiger partial charge in [-0.15, -0.1) is 0 Å². The maximum absolute atomic E-state index is 11.1. The van der Waals surface area contributed by atoms with Crippen LogP contribution in [0.4, 0.5) is 0 Å². The fourth-order valence-corrected chi connectivity index (χ4v) is 1.15. The third-order valence-corrected chi connectivity index (χ3v) is 2.05. The van der Waals surface area contributed by atoms with Crippen molar-refractivity contribution < 1.29 is 19.1 Å². The number of hydrogen-bond acceptors (Lipinski definition) is 4. The van der Waals surface area contributed by atoms with E-state index < -0.39 is 17.5 Å². The molecule has 1 unspecified atom stereocenters. The second-order valence-electron chi connectivity index (χ2n) is 3.82. The van der Waals surface area contributed by atoms with Gasteiger partial charge in [0.25, 0.3) is 0 Å². The Morgan fingerprint density at radius 3 is 2.69 bits per heavy atom. The molecule has 1 atom stereocenters. The van der Waals surface area contributed by atoms with E-state index in [2.05, 4.69) is 0 Å². The van der Waals surface area contributed by atoms with Gasteiger partial charge in [0.1, 0.15) is 6.61 Å². The summed E-state index contributed by atoms with van der Waals surface area (Å²) < 4.78 is 9.78. The van der Waals surface area contributed by atoms with Crippen molar-refractivity contribution in [1.29, 1.82) is 0 Å². The number of cyclic esters (lactones) is 1. The van der Waals surface area contributed by atoms with Gasteiger partial charge in [0.05, 0.1) is 0 Å². The number of carbonyl (C=O) groups is 2. The zero-order valence-corrected chi connectivity index (χ0v) is 8.12. The summed E-state index contributed by atoms with van der Waals surface area (Å²) >= 11 is 0. The largest absolute Gasteiger partial charge is 0.462 e. The summed E-state index contributed by atoms with van der Waals surface area (Å²) in [4.78, 5) is 22.1. The van der Waals surface area contributed by atoms with E-state index in [1.807, 2.05) is 13.8 Å². The predicted octanol–water partition coefficient (Wildman–Crippen LogP) is 0.891. The minimum Gasteiger partial charge on any atom is -0.462 e. The molecule has 4 nitrogen and oxygen atoms in total. The molecule has 1 saturated heterocycles. The molecule has 1 fully saturated rings. The minimum atomic E-state index is -0.736. The highest BCUT2D eigenvalue weighted by atomic mass is 16.6. The molecule has 1 heterocycles. The lowest BCUT2D eigenvalue weighted by Crippen LogP contribution is -2.34. The molecule has 0 radical (unpaired) electrons. The smallest absolute Gasteiger partial charge is 0.348 e. The predicted molar refractivity (Wildman–Crippen MR) is 44.9 cm³/mol. The van der Waals surface area contributed by atoms with Crippen LogP contribution < -0.4 is 0 Å². The van der Waals surface area contributed by atoms with Crippen LogP contribution in [-0.2, 0) is 19.1 Å². The zero-order valence-electron chi connectivity index (χ0n) is 8.12. The van der Waals surface area contributed by atoms with Crippen molar-refractivity contribution in [2.45, 2.75) is 33.3 Å². The number of rotatable bonds is 2. The Kier molecular flexibility index (Phi) is 2.59. The van der Waals surface area contributed by atoms with Gasteiger partial charge >= 0.3 is 11.9 Å². The van der Waals surface area contributed by atoms with Crippen molar-refractivity contribution in [1.82, 2.24) is 0 Å². The fraction of sp³-hybridized carbons (Fsp3) is 0.778. The molecule has 0 saturated carbocycles. The van der Waals surface area contributed by atoms with Crippen LogP contribution in [0.2, 0.25) is 0 Å². The molecule has 1 rings (SSSR count). The first-order valence-electron chi connectivity index (χ1n) is 4.33. The summed E-state index contributed by atoms with van der Waals surface area (Å²) in [5.74, 6) is -0.802. The highest BCUT2D eigenvalue weighted by molar-refractivity contribution is 5.81. The summed E-state index contributed by atoms with van der Waals surface area (Å²) in [7, 11) is 0. The van der Waals surface area contributed by atoms with Crippen molar-refractivity contribution >= 4 is 11.9 Å². The molecule has 13 heavy (non-hydrogen) atoms. The first-order valence-corrected chi connectivity index (χ1v) is 4.33. The van der Waals surface area contributed by atoms with Crippen LogP contribution in [0, 0.1) is 5.41 Å². The third-order valence-electron chi connectivity index (χ3n) is 2.05. The standard InChI is InChI=1S/C9H14O4/c1-4-6(10)13-7-8(11)12-5-9(7,2)3/h7H,4-5H2,1-3H3. The van der Waals surface area contributed by atoms with E-state index >= 15 is 0 Å². The van der Waals surface area contributed by atoms with Gasteiger partial charge in [0.15, 0.2) is 0 Å². The van der Waals surface area contributed by atoms with Crippen LogP contribution in [0.15, 0.2) is 0 Å². The van der Waals surface area contributed by atoms with Crippen molar-refractivity contribution in [3.05, 3.63) is 0 Å². The average molecular weight is 186 g/mol. The molecule has 0 aromatic carbocycles. The Bertz CT molecular complexity index is 232. The van der Waals surface area contributed by atoms with Crippen molar-refractivity contribution in [2.24, 2.45) is 5.41 Å². The lowest BCUT2D eigenvalue weighted by atomic mass is 9.90. The molecular formula is C9H14O4. The lowest BCUT2D eigenvalue weighted by Gasteiger charge is -2.21. The Balaban J connectivity index is 2.66. The fourth-order valence-electron chi connectivity index (χ4n) is 1.15. The third kappa shape index (κ3) is 1.99. The number of hydrogen-bond donors (Lipinski definition) is 0. The Morgan fingerprint density at radius 2 is 2.31 bits per heavy atom. The van der Waals surface area contributed by atoms with Gasteiger partial charge in [-0.3, -0.25) is 4.79 Å². The van der Waals surface area contributed by atoms with E-state index in [1.165, 1.54) is 0 Å². The van der Waals surface area contributed by atoms with Gasteiger partial charge in [-0.25, -0.2) is 4.79 Å². The lowest BCUT2D eigenvalue weighted by molar-refractivity contribution is -0.162. The molecule has 0 spiro atoms. The Labute approximate surface area is 77.2 Å². The van der Waals surface area contributed by atoms with Crippen LogP contribution in [0.5, 0.6) is 0 Å². The highest BCUT2D eigenvalue weighted by Gasteiger charge is 2.46. The molecule has 0 aliphatic carbocycles. The highest BCUT2D eigenvalue weighted by Crippen LogP contribution is 2.31.